The third-order valence-electron chi connectivity index (χ3n) is 11.4. The van der Waals surface area contributed by atoms with E-state index in [4.69, 9.17) is 15.9 Å². The van der Waals surface area contributed by atoms with Crippen molar-refractivity contribution in [3.05, 3.63) is 47.5 Å². The summed E-state index contributed by atoms with van der Waals surface area (Å²) in [6.45, 7) is 6.97. The SMILES string of the molecule is C#C[C@]1(OC(C)=O)CC[C@H]2[C@@H]3CCC4=C[C@@H](OC(C)=O)CC[C@@H]4[C@H]3CC[C@@]21C.CCC1(c2ccccc2)C(=O)NC(=O)NC1=O. The van der Waals surface area contributed by atoms with Gasteiger partial charge in [-0.25, -0.2) is 4.79 Å². The maximum atomic E-state index is 12.0. The van der Waals surface area contributed by atoms with Gasteiger partial charge >= 0.3 is 18.0 Å². The molecular weight excluding hydrogens is 572 g/mol. The van der Waals surface area contributed by atoms with Gasteiger partial charge in [0, 0.05) is 19.3 Å². The van der Waals surface area contributed by atoms with Crippen molar-refractivity contribution < 1.29 is 33.4 Å². The number of carbonyl (C=O) groups excluding carboxylic acids is 5. The molecule has 9 heteroatoms. The average Bonchev–Trinajstić information content (AvgIpc) is 3.29. The first-order valence-corrected chi connectivity index (χ1v) is 16.2. The van der Waals surface area contributed by atoms with Crippen molar-refractivity contribution in [2.24, 2.45) is 29.1 Å². The largest absolute Gasteiger partial charge is 0.458 e. The van der Waals surface area contributed by atoms with E-state index in [1.807, 2.05) is 0 Å². The second-order valence-corrected chi connectivity index (χ2v) is 13.5. The lowest BCUT2D eigenvalue weighted by molar-refractivity contribution is -0.167. The van der Waals surface area contributed by atoms with E-state index in [1.165, 1.54) is 25.8 Å². The maximum Gasteiger partial charge on any atom is 0.328 e. The molecule has 0 unspecified atom stereocenters. The lowest BCUT2D eigenvalue weighted by Gasteiger charge is -2.55. The molecular formula is C36H44N2O7. The van der Waals surface area contributed by atoms with Crippen LogP contribution < -0.4 is 10.6 Å². The van der Waals surface area contributed by atoms with E-state index in [2.05, 4.69) is 29.6 Å². The normalized spacial score (nSPS) is 34.5. The van der Waals surface area contributed by atoms with E-state index in [1.54, 1.807) is 37.3 Å². The van der Waals surface area contributed by atoms with Crippen LogP contribution in [0, 0.1) is 41.4 Å². The van der Waals surface area contributed by atoms with Crippen molar-refractivity contribution >= 4 is 29.8 Å². The Bertz CT molecular complexity index is 1420. The number of amides is 4. The molecule has 4 fully saturated rings. The van der Waals surface area contributed by atoms with Crippen molar-refractivity contribution in [2.45, 2.75) is 103 Å². The highest BCUT2D eigenvalue weighted by atomic mass is 16.6. The minimum Gasteiger partial charge on any atom is -0.458 e. The predicted octanol–water partition coefficient (Wildman–Crippen LogP) is 5.13. The lowest BCUT2D eigenvalue weighted by atomic mass is 9.50. The van der Waals surface area contributed by atoms with Gasteiger partial charge in [-0.15, -0.1) is 6.42 Å². The van der Waals surface area contributed by atoms with Gasteiger partial charge in [-0.05, 0) is 93.1 Å². The number of nitrogens with one attached hydrogen (secondary N) is 2. The Kier molecular flexibility index (Phi) is 8.99. The summed E-state index contributed by atoms with van der Waals surface area (Å²) in [5, 5.41) is 4.28. The van der Waals surface area contributed by atoms with Gasteiger partial charge in [-0.3, -0.25) is 29.8 Å². The predicted molar refractivity (Wildman–Crippen MR) is 166 cm³/mol. The van der Waals surface area contributed by atoms with E-state index in [0.717, 1.165) is 44.9 Å². The monoisotopic (exact) mass is 616 g/mol. The molecule has 0 spiro atoms. The van der Waals surface area contributed by atoms with Crippen LogP contribution in [0.1, 0.15) is 91.0 Å². The molecule has 7 atom stereocenters. The molecule has 0 aromatic heterocycles. The second-order valence-electron chi connectivity index (χ2n) is 13.5. The zero-order chi connectivity index (χ0) is 32.6. The fourth-order valence-electron chi connectivity index (χ4n) is 9.35. The van der Waals surface area contributed by atoms with Crippen molar-refractivity contribution in [1.29, 1.82) is 0 Å². The molecule has 1 aromatic carbocycles. The van der Waals surface area contributed by atoms with Crippen molar-refractivity contribution in [3.63, 3.8) is 0 Å². The Morgan fingerprint density at radius 3 is 2.22 bits per heavy atom. The quantitative estimate of drug-likeness (QED) is 0.208. The summed E-state index contributed by atoms with van der Waals surface area (Å²) in [5.74, 6) is 3.80. The van der Waals surface area contributed by atoms with Gasteiger partial charge in [0.15, 0.2) is 11.0 Å². The third kappa shape index (κ3) is 5.57. The molecule has 4 aliphatic carbocycles. The lowest BCUT2D eigenvalue weighted by Crippen LogP contribution is -2.64. The number of esters is 2. The number of hydrogen-bond donors (Lipinski definition) is 2. The van der Waals surface area contributed by atoms with Crippen molar-refractivity contribution in [2.75, 3.05) is 0 Å². The number of allylic oxidation sites excluding steroid dienone is 1. The summed E-state index contributed by atoms with van der Waals surface area (Å²) < 4.78 is 11.3. The Morgan fingerprint density at radius 2 is 1.62 bits per heavy atom. The Morgan fingerprint density at radius 1 is 0.933 bits per heavy atom. The fourth-order valence-corrected chi connectivity index (χ4v) is 9.35. The van der Waals surface area contributed by atoms with Crippen LogP contribution in [-0.4, -0.2) is 41.5 Å². The summed E-state index contributed by atoms with van der Waals surface area (Å²) in [6.07, 6.45) is 16.7. The van der Waals surface area contributed by atoms with Crippen LogP contribution in [0.5, 0.6) is 0 Å². The second kappa shape index (κ2) is 12.5. The number of fused-ring (bicyclic) bond motifs is 5. The number of imide groups is 2. The first kappa shape index (κ1) is 32.5. The number of benzene rings is 1. The molecule has 1 aromatic rings. The van der Waals surface area contributed by atoms with Crippen LogP contribution >= 0.6 is 0 Å². The molecule has 45 heavy (non-hydrogen) atoms. The molecule has 2 N–H and O–H groups in total. The van der Waals surface area contributed by atoms with E-state index >= 15 is 0 Å². The van der Waals surface area contributed by atoms with Gasteiger partial charge < -0.3 is 9.47 Å². The molecule has 1 saturated heterocycles. The summed E-state index contributed by atoms with van der Waals surface area (Å²) in [6, 6.07) is 7.96. The first-order chi connectivity index (χ1) is 21.4. The number of hydrogen-bond acceptors (Lipinski definition) is 7. The summed E-state index contributed by atoms with van der Waals surface area (Å²) in [7, 11) is 0. The van der Waals surface area contributed by atoms with Gasteiger partial charge in [0.2, 0.25) is 11.8 Å². The minimum atomic E-state index is -1.31. The Labute approximate surface area is 265 Å². The number of ether oxygens (including phenoxy) is 2. The zero-order valence-electron chi connectivity index (χ0n) is 26.6. The molecule has 6 rings (SSSR count). The van der Waals surface area contributed by atoms with Crippen LogP contribution in [0.2, 0.25) is 0 Å². The van der Waals surface area contributed by atoms with Gasteiger partial charge in [0.25, 0.3) is 0 Å². The number of barbiturate groups is 1. The number of urea groups is 1. The average molecular weight is 617 g/mol. The van der Waals surface area contributed by atoms with Gasteiger partial charge in [-0.1, -0.05) is 55.7 Å². The first-order valence-electron chi connectivity index (χ1n) is 16.2. The van der Waals surface area contributed by atoms with Gasteiger partial charge in [-0.2, -0.15) is 0 Å². The molecule has 1 heterocycles. The van der Waals surface area contributed by atoms with Crippen molar-refractivity contribution in [1.82, 2.24) is 10.6 Å². The van der Waals surface area contributed by atoms with E-state index in [0.29, 0.717) is 35.7 Å². The van der Waals surface area contributed by atoms with E-state index in [9.17, 15) is 24.0 Å². The molecule has 5 aliphatic rings. The molecule has 0 bridgehead atoms. The van der Waals surface area contributed by atoms with Gasteiger partial charge in [0.05, 0.1) is 0 Å². The van der Waals surface area contributed by atoms with E-state index < -0.39 is 28.9 Å². The van der Waals surface area contributed by atoms with Crippen LogP contribution in [-0.2, 0) is 34.1 Å². The van der Waals surface area contributed by atoms with Crippen LogP contribution in [0.25, 0.3) is 0 Å². The van der Waals surface area contributed by atoms with Crippen LogP contribution in [0.4, 0.5) is 4.79 Å². The standard InChI is InChI=1S/C24H32O4.C12H12N2O3/c1-5-24(28-16(3)26)13-11-22-21-8-6-17-14-18(27-15(2)25)7-9-19(17)20(21)10-12-23(22,24)4;1-2-12(8-6-4-3-5-7-8)9(15)13-11(17)14-10(12)16/h1,14,18-22H,6-13H2,2-4H3;3-7H,2H2,1H3,(H2,13,14,15,16,17)/t18-,19-,20+,21+,22-,23-,24-;/m0./s1. The summed E-state index contributed by atoms with van der Waals surface area (Å²) >= 11 is 0. The molecule has 1 aliphatic heterocycles. The van der Waals surface area contributed by atoms with Crippen LogP contribution in [0.3, 0.4) is 0 Å². The number of carbonyl (C=O) groups is 5. The van der Waals surface area contributed by atoms with Gasteiger partial charge in [0.1, 0.15) is 6.10 Å². The van der Waals surface area contributed by atoms with E-state index in [-0.39, 0.29) is 23.5 Å². The number of rotatable bonds is 4. The molecule has 4 amide bonds. The topological polar surface area (TPSA) is 128 Å². The highest BCUT2D eigenvalue weighted by molar-refractivity contribution is 6.22. The molecule has 240 valence electrons. The van der Waals surface area contributed by atoms with Crippen LogP contribution in [0.15, 0.2) is 42.0 Å². The Balaban J connectivity index is 0.000000201. The zero-order valence-corrected chi connectivity index (χ0v) is 26.6. The highest BCUT2D eigenvalue weighted by Gasteiger charge is 2.64. The smallest absolute Gasteiger partial charge is 0.328 e. The fraction of sp³-hybridized carbons (Fsp3) is 0.583. The summed E-state index contributed by atoms with van der Waals surface area (Å²) in [5.41, 5.74) is -0.0779. The Hall–Kier alpha value is -3.93. The maximum absolute atomic E-state index is 12.0. The van der Waals surface area contributed by atoms with Crippen molar-refractivity contribution in [3.8, 4) is 12.3 Å². The number of terminal acetylenes is 1. The third-order valence-corrected chi connectivity index (χ3v) is 11.4. The summed E-state index contributed by atoms with van der Waals surface area (Å²) in [4.78, 5) is 58.1. The molecule has 9 nitrogen and oxygen atoms in total. The minimum absolute atomic E-state index is 0.0429. The highest BCUT2D eigenvalue weighted by Crippen LogP contribution is 2.65. The molecule has 3 saturated carbocycles. The molecule has 0 radical (unpaired) electrons.